The van der Waals surface area contributed by atoms with Crippen molar-refractivity contribution in [2.24, 2.45) is 16.6 Å². The third kappa shape index (κ3) is 23.3. The number of nitrogens with two attached hydrogens (primary N) is 1. The molecule has 5 aromatic carbocycles. The summed E-state index contributed by atoms with van der Waals surface area (Å²) in [5.41, 5.74) is 18.7. The lowest BCUT2D eigenvalue weighted by Crippen LogP contribution is -2.50. The van der Waals surface area contributed by atoms with Gasteiger partial charge >= 0.3 is 0 Å². The maximum absolute atomic E-state index is 13.1. The molecular weight excluding hydrogens is 1620 g/mol. The molecule has 22 heteroatoms. The third-order valence-corrected chi connectivity index (χ3v) is 29.5. The average molecular weight is 1750 g/mol. The van der Waals surface area contributed by atoms with Crippen LogP contribution in [0, 0.1) is 10.8 Å². The van der Waals surface area contributed by atoms with Crippen LogP contribution < -0.4 is 34.1 Å². The van der Waals surface area contributed by atoms with E-state index in [2.05, 4.69) is 102 Å². The second-order valence-electron chi connectivity index (χ2n) is 35.2. The van der Waals surface area contributed by atoms with Crippen molar-refractivity contribution in [2.75, 3.05) is 88.2 Å². The highest BCUT2D eigenvalue weighted by Gasteiger charge is 2.51. The van der Waals surface area contributed by atoms with E-state index in [-0.39, 0.29) is 39.2 Å². The molecule has 7 aromatic rings. The number of fused-ring (bicyclic) bond motifs is 2. The van der Waals surface area contributed by atoms with E-state index in [1.54, 1.807) is 41.6 Å². The zero-order valence-electron chi connectivity index (χ0n) is 71.1. The highest BCUT2D eigenvalue weighted by molar-refractivity contribution is 9.10. The van der Waals surface area contributed by atoms with Gasteiger partial charge in [-0.05, 0) is 309 Å². The predicted molar refractivity (Wildman–Crippen MR) is 477 cm³/mol. The molecule has 119 heavy (non-hydrogen) atoms. The largest absolute Gasteiger partial charge is 0.497 e. The van der Waals surface area contributed by atoms with Gasteiger partial charge in [0.1, 0.15) is 40.3 Å². The Hall–Kier alpha value is -6.63. The number of rotatable bonds is 13. The number of methoxy groups -OCH3 is 5. The first-order valence-electron chi connectivity index (χ1n) is 43.3. The lowest BCUT2D eigenvalue weighted by molar-refractivity contribution is -0.179. The second kappa shape index (κ2) is 41.7. The van der Waals surface area contributed by atoms with Crippen LogP contribution in [0.4, 0.5) is 0 Å². The molecule has 18 rings (SSSR count). The SMILES string of the molecule is COc1cc(Cl)cc(Br)c1.COc1cc(Cl)cc(C2=CCC3(CC2)OCCO3)c1.COc1cccc(C2CCC(=O)CC2)c1.COc1cccc(C2CCC(N3CCC4(CC3)Cc3ncccc3[C@H]4N)CC2)c1.COc1cccc(C2CCC(N3CCC4(CC3)Cc3ncccc3[C@H]4N[S@](=O)C(C)(C)C)CC2)c1.O=C1CCC2(CC1)OCCO2. The fourth-order valence-electron chi connectivity index (χ4n) is 19.9. The summed E-state index contributed by atoms with van der Waals surface area (Å²) in [6.07, 6.45) is 31.9. The Balaban J connectivity index is 0.000000131. The molecule has 0 radical (unpaired) electrons. The Kier molecular flexibility index (Phi) is 31.6. The van der Waals surface area contributed by atoms with Gasteiger partial charge in [-0.1, -0.05) is 93.7 Å². The van der Waals surface area contributed by atoms with Gasteiger partial charge in [0.2, 0.25) is 0 Å². The first-order valence-corrected chi connectivity index (χ1v) is 46.0. The molecule has 6 heterocycles. The van der Waals surface area contributed by atoms with Crippen molar-refractivity contribution in [1.29, 1.82) is 0 Å². The number of allylic oxidation sites excluding steroid dienone is 1. The molecule has 4 aliphatic heterocycles. The number of ether oxygens (including phenoxy) is 9. The van der Waals surface area contributed by atoms with Crippen LogP contribution in [0.2, 0.25) is 10.0 Å². The van der Waals surface area contributed by atoms with Crippen molar-refractivity contribution in [3.63, 3.8) is 0 Å². The second-order valence-corrected chi connectivity index (χ2v) is 39.0. The van der Waals surface area contributed by atoms with Crippen LogP contribution in [0.1, 0.15) is 243 Å². The van der Waals surface area contributed by atoms with Gasteiger partial charge in [-0.25, -0.2) is 8.93 Å². The molecule has 4 saturated carbocycles. The summed E-state index contributed by atoms with van der Waals surface area (Å²) in [6.45, 7) is 13.6. The van der Waals surface area contributed by atoms with Crippen LogP contribution in [0.5, 0.6) is 28.7 Å². The maximum atomic E-state index is 13.1. The van der Waals surface area contributed by atoms with Crippen LogP contribution in [0.25, 0.3) is 5.57 Å². The molecule has 4 spiro atoms. The Bertz CT molecular complexity index is 4520. The van der Waals surface area contributed by atoms with Crippen LogP contribution in [-0.2, 0) is 52.4 Å². The highest BCUT2D eigenvalue weighted by atomic mass is 79.9. The van der Waals surface area contributed by atoms with Crippen molar-refractivity contribution >= 4 is 67.3 Å². The number of halogens is 3. The van der Waals surface area contributed by atoms with Crippen LogP contribution in [0.3, 0.4) is 0 Å². The van der Waals surface area contributed by atoms with Gasteiger partial charge in [-0.3, -0.25) is 19.6 Å². The number of ketones is 2. The van der Waals surface area contributed by atoms with Gasteiger partial charge in [0, 0.05) is 108 Å². The van der Waals surface area contributed by atoms with Gasteiger partial charge in [0.25, 0.3) is 0 Å². The molecule has 3 N–H and O–H groups in total. The zero-order chi connectivity index (χ0) is 83.7. The number of pyridine rings is 2. The van der Waals surface area contributed by atoms with E-state index in [0.29, 0.717) is 84.7 Å². The summed E-state index contributed by atoms with van der Waals surface area (Å²) in [4.78, 5) is 36.9. The molecule has 7 aliphatic carbocycles. The number of hydrogen-bond acceptors (Lipinski definition) is 17. The van der Waals surface area contributed by atoms with Crippen LogP contribution >= 0.6 is 39.1 Å². The van der Waals surface area contributed by atoms with E-state index in [4.69, 9.17) is 76.6 Å². The van der Waals surface area contributed by atoms with E-state index >= 15 is 0 Å². The van der Waals surface area contributed by atoms with Crippen molar-refractivity contribution in [2.45, 2.75) is 240 Å². The number of nitrogens with one attached hydrogen (secondary N) is 1. The molecule has 3 atom stereocenters. The van der Waals surface area contributed by atoms with E-state index in [1.807, 2.05) is 99.9 Å². The molecule has 4 saturated heterocycles. The first-order chi connectivity index (χ1) is 57.5. The van der Waals surface area contributed by atoms with E-state index in [0.717, 1.165) is 141 Å². The molecule has 2 aromatic heterocycles. The van der Waals surface area contributed by atoms with Crippen LogP contribution in [-0.4, -0.2) is 152 Å². The number of nitrogens with zero attached hydrogens (tertiary/aromatic N) is 4. The van der Waals surface area contributed by atoms with Gasteiger partial charge < -0.3 is 58.2 Å². The topological polar surface area (TPSA) is 205 Å². The van der Waals surface area contributed by atoms with E-state index in [9.17, 15) is 13.8 Å². The number of carbonyl (C=O) groups is 2. The molecule has 0 bridgehead atoms. The summed E-state index contributed by atoms with van der Waals surface area (Å²) in [5.74, 6) is 6.29. The summed E-state index contributed by atoms with van der Waals surface area (Å²) in [7, 11) is 7.35. The fraction of sp³-hybridized carbons (Fsp3) is 0.546. The van der Waals surface area contributed by atoms with Gasteiger partial charge in [-0.15, -0.1) is 0 Å². The lowest BCUT2D eigenvalue weighted by Gasteiger charge is -2.47. The average Bonchev–Trinajstić information content (AvgIpc) is 1.54. The molecule has 11 aliphatic rings. The minimum absolute atomic E-state index is 0.117. The Morgan fingerprint density at radius 1 is 0.487 bits per heavy atom. The van der Waals surface area contributed by atoms with Crippen molar-refractivity contribution in [1.82, 2.24) is 24.5 Å². The molecule has 642 valence electrons. The maximum Gasteiger partial charge on any atom is 0.172 e. The lowest BCUT2D eigenvalue weighted by atomic mass is 9.72. The number of piperidine rings is 2. The van der Waals surface area contributed by atoms with E-state index < -0.39 is 11.0 Å². The normalized spacial score (nSPS) is 24.4. The molecule has 0 amide bonds. The Labute approximate surface area is 727 Å². The minimum Gasteiger partial charge on any atom is -0.497 e. The number of benzene rings is 5. The summed E-state index contributed by atoms with van der Waals surface area (Å²) >= 11 is 15.1. The molecule has 18 nitrogen and oxygen atoms in total. The summed E-state index contributed by atoms with van der Waals surface area (Å²) in [5, 5.41) is 1.37. The first kappa shape index (κ1) is 90.1. The van der Waals surface area contributed by atoms with Gasteiger partial charge in [-0.2, -0.15) is 0 Å². The number of likely N-dealkylation sites (tertiary alicyclic amines) is 2. The smallest absolute Gasteiger partial charge is 0.172 e. The van der Waals surface area contributed by atoms with Crippen LogP contribution in [0.15, 0.2) is 156 Å². The zero-order valence-corrected chi connectivity index (χ0v) is 75.0. The third-order valence-electron chi connectivity index (χ3n) is 27.0. The molecule has 8 fully saturated rings. The number of carbonyl (C=O) groups excluding carboxylic acids is 2. The minimum atomic E-state index is -1.10. The molecular formula is C97H125BrCl2N6O12S. The number of Topliss-reactive ketones (excluding diaryl/α,β-unsaturated/α-hetero) is 2. The van der Waals surface area contributed by atoms with Gasteiger partial charge in [0.15, 0.2) is 11.6 Å². The quantitative estimate of drug-likeness (QED) is 0.110. The van der Waals surface area contributed by atoms with E-state index in [1.165, 1.54) is 122 Å². The number of aromatic nitrogens is 2. The standard InChI is InChI=1S/C29H41N3O2S.C25H33N3O.C15H17ClO3.C13H16O2.C8H12O3.C7H6BrClO/c1-28(2,3)35(33)31-27-25-9-6-16-30-26(25)20-29(27)14-17-32(18-15-29)23-12-10-21(11-13-23)22-7-5-8-24(19-22)34-4;1-29-21-5-2-4-19(16-21)18-7-9-20(10-8-18)28-14-11-25(12-15-28)17-23-22(24(25)26)6-3-13-27-23;1-17-14-9-12(8-13(16)10-14)11-2-4-15(5-3-11)18-6-7-19-15;1-15-13-4-2-3-11(9-13)10-5-7-12(14)8-6-10;9-7-1-3-8(4-2-7)10-5-6-11-8;1-10-7-3-5(8)2-6(9)4-7/h5-9,16,19,21,23,27,31H,10-15,17-18,20H2,1-4H3;2-6,13,16,18,20,24H,7-12,14-15,17,26H2,1H3;2,8-10H,3-7H2,1H3;2-4,9-10H,5-8H2,1H3;1-6H2;2-4H,1H3/t21?,23?,27-,35-;18?,20?,24-;;;;/m11..../s1. The van der Waals surface area contributed by atoms with Crippen molar-refractivity contribution in [3.8, 4) is 28.7 Å². The van der Waals surface area contributed by atoms with Crippen molar-refractivity contribution in [3.05, 3.63) is 211 Å². The summed E-state index contributed by atoms with van der Waals surface area (Å²) < 4.78 is 66.0. The van der Waals surface area contributed by atoms with Crippen molar-refractivity contribution < 1.29 is 56.4 Å². The molecule has 0 unspecified atom stereocenters. The monoisotopic (exact) mass is 1750 g/mol. The summed E-state index contributed by atoms with van der Waals surface area (Å²) in [6, 6.07) is 46.9. The fourth-order valence-corrected chi connectivity index (χ4v) is 21.9. The highest BCUT2D eigenvalue weighted by Crippen LogP contribution is 2.54. The predicted octanol–water partition coefficient (Wildman–Crippen LogP) is 20.6. The van der Waals surface area contributed by atoms with Gasteiger partial charge in [0.05, 0.1) is 83.8 Å². The number of hydrogen-bond donors (Lipinski definition) is 2. The Morgan fingerprint density at radius 2 is 0.916 bits per heavy atom. The Morgan fingerprint density at radius 3 is 1.38 bits per heavy atom.